The fourth-order valence-electron chi connectivity index (χ4n) is 0.756. The number of hydrogen-bond donors (Lipinski definition) is 0. The Bertz CT molecular complexity index is 149. The molecule has 0 aliphatic rings. The van der Waals surface area contributed by atoms with Crippen LogP contribution in [0.1, 0.15) is 40.5 Å². The maximum absolute atomic E-state index is 11.3. The molecular weight excluding hydrogens is 136 g/mol. The zero-order valence-corrected chi connectivity index (χ0v) is 7.98. The molecule has 1 heteroatoms. The van der Waals surface area contributed by atoms with Crippen molar-refractivity contribution in [3.63, 3.8) is 0 Å². The average Bonchev–Trinajstić information content (AvgIpc) is 1.86. The minimum absolute atomic E-state index is 0.165. The van der Waals surface area contributed by atoms with Crippen LogP contribution in [0.3, 0.4) is 0 Å². The van der Waals surface area contributed by atoms with Crippen LogP contribution in [-0.2, 0) is 4.79 Å². The summed E-state index contributed by atoms with van der Waals surface area (Å²) >= 11 is 0. The topological polar surface area (TPSA) is 17.1 Å². The number of ketones is 1. The normalized spacial score (nSPS) is 12.4. The largest absolute Gasteiger partial charge is 0.299 e. The van der Waals surface area contributed by atoms with E-state index in [-0.39, 0.29) is 5.41 Å². The van der Waals surface area contributed by atoms with Crippen molar-refractivity contribution in [3.8, 4) is 0 Å². The van der Waals surface area contributed by atoms with E-state index in [9.17, 15) is 4.79 Å². The molecule has 0 aliphatic heterocycles. The zero-order chi connectivity index (χ0) is 8.91. The van der Waals surface area contributed by atoms with Gasteiger partial charge < -0.3 is 0 Å². The molecule has 0 N–H and O–H groups in total. The predicted molar refractivity (Wildman–Crippen MR) is 48.5 cm³/mol. The summed E-state index contributed by atoms with van der Waals surface area (Å²) in [6.07, 6.45) is 5.57. The zero-order valence-electron chi connectivity index (χ0n) is 7.98. The summed E-state index contributed by atoms with van der Waals surface area (Å²) in [5.74, 6) is 0.343. The Kier molecular flexibility index (Phi) is 4.09. The van der Waals surface area contributed by atoms with Gasteiger partial charge in [-0.15, -0.1) is 0 Å². The summed E-state index contributed by atoms with van der Waals surface area (Å²) in [5.41, 5.74) is -0.165. The molecule has 0 bridgehead atoms. The summed E-state index contributed by atoms with van der Waals surface area (Å²) in [7, 11) is 0. The molecule has 0 fully saturated rings. The molecule has 0 aromatic heterocycles. The first kappa shape index (κ1) is 10.4. The van der Waals surface area contributed by atoms with Crippen LogP contribution in [0.5, 0.6) is 0 Å². The molecule has 0 aromatic rings. The van der Waals surface area contributed by atoms with E-state index in [0.717, 1.165) is 6.42 Å². The Balaban J connectivity index is 3.71. The second-order valence-electron chi connectivity index (χ2n) is 3.78. The van der Waals surface area contributed by atoms with Gasteiger partial charge in [-0.2, -0.15) is 0 Å². The summed E-state index contributed by atoms with van der Waals surface area (Å²) < 4.78 is 0. The molecule has 0 saturated heterocycles. The molecule has 64 valence electrons. The van der Waals surface area contributed by atoms with Crippen molar-refractivity contribution in [2.24, 2.45) is 5.41 Å². The van der Waals surface area contributed by atoms with Crippen LogP contribution in [0.25, 0.3) is 0 Å². The van der Waals surface area contributed by atoms with E-state index in [4.69, 9.17) is 0 Å². The van der Waals surface area contributed by atoms with E-state index in [0.29, 0.717) is 12.2 Å². The first-order valence-electron chi connectivity index (χ1n) is 4.13. The highest BCUT2D eigenvalue weighted by Crippen LogP contribution is 2.17. The van der Waals surface area contributed by atoms with Crippen LogP contribution in [0.4, 0.5) is 0 Å². The van der Waals surface area contributed by atoms with Crippen LogP contribution >= 0.6 is 0 Å². The lowest BCUT2D eigenvalue weighted by molar-refractivity contribution is -0.126. The lowest BCUT2D eigenvalue weighted by Crippen LogP contribution is -2.19. The van der Waals surface area contributed by atoms with Gasteiger partial charge in [0.05, 0.1) is 0 Å². The maximum Gasteiger partial charge on any atom is 0.138 e. The summed E-state index contributed by atoms with van der Waals surface area (Å²) in [5, 5.41) is 0. The Morgan fingerprint density at radius 2 is 1.91 bits per heavy atom. The van der Waals surface area contributed by atoms with Gasteiger partial charge in [-0.1, -0.05) is 32.9 Å². The molecule has 0 amide bonds. The van der Waals surface area contributed by atoms with Gasteiger partial charge in [0.25, 0.3) is 0 Å². The maximum atomic E-state index is 11.3. The first-order valence-corrected chi connectivity index (χ1v) is 4.13. The van der Waals surface area contributed by atoms with Crippen LogP contribution in [0.15, 0.2) is 12.2 Å². The third-order valence-electron chi connectivity index (χ3n) is 1.61. The lowest BCUT2D eigenvalue weighted by Gasteiger charge is -2.15. The van der Waals surface area contributed by atoms with Gasteiger partial charge in [-0.25, -0.2) is 0 Å². The molecule has 0 heterocycles. The molecule has 0 aliphatic carbocycles. The van der Waals surface area contributed by atoms with E-state index in [1.807, 2.05) is 39.8 Å². The van der Waals surface area contributed by atoms with Crippen molar-refractivity contribution in [2.45, 2.75) is 40.5 Å². The number of carbonyl (C=O) groups excluding carboxylic acids is 1. The fraction of sp³-hybridized carbons (Fsp3) is 0.700. The Morgan fingerprint density at radius 3 is 2.27 bits per heavy atom. The highest BCUT2D eigenvalue weighted by molar-refractivity contribution is 5.83. The van der Waals surface area contributed by atoms with Crippen LogP contribution in [0.2, 0.25) is 0 Å². The molecule has 0 saturated carbocycles. The molecule has 0 rings (SSSR count). The van der Waals surface area contributed by atoms with Gasteiger partial charge in [0.1, 0.15) is 5.78 Å². The summed E-state index contributed by atoms with van der Waals surface area (Å²) in [4.78, 5) is 11.3. The minimum atomic E-state index is -0.165. The van der Waals surface area contributed by atoms with Gasteiger partial charge in [-0.05, 0) is 13.3 Å². The Hall–Kier alpha value is -0.590. The van der Waals surface area contributed by atoms with Crippen molar-refractivity contribution in [1.82, 2.24) is 0 Å². The molecular formula is C10H18O. The molecule has 0 spiro atoms. The first-order chi connectivity index (χ1) is 4.98. The third-order valence-corrected chi connectivity index (χ3v) is 1.61. The molecule has 0 radical (unpaired) electrons. The number of rotatable bonds is 3. The number of allylic oxidation sites excluding steroid dienone is 2. The molecule has 11 heavy (non-hydrogen) atoms. The van der Waals surface area contributed by atoms with Gasteiger partial charge in [0, 0.05) is 11.8 Å². The molecule has 1 nitrogen and oxygen atoms in total. The van der Waals surface area contributed by atoms with Crippen molar-refractivity contribution in [3.05, 3.63) is 12.2 Å². The average molecular weight is 154 g/mol. The van der Waals surface area contributed by atoms with Crippen molar-refractivity contribution in [2.75, 3.05) is 0 Å². The van der Waals surface area contributed by atoms with Crippen LogP contribution in [0, 0.1) is 5.41 Å². The van der Waals surface area contributed by atoms with E-state index >= 15 is 0 Å². The van der Waals surface area contributed by atoms with Crippen molar-refractivity contribution < 1.29 is 4.79 Å². The highest BCUT2D eigenvalue weighted by atomic mass is 16.1. The molecule has 0 aromatic carbocycles. The van der Waals surface area contributed by atoms with E-state index in [1.54, 1.807) is 0 Å². The second kappa shape index (κ2) is 4.32. The van der Waals surface area contributed by atoms with Crippen molar-refractivity contribution in [1.29, 1.82) is 0 Å². The highest BCUT2D eigenvalue weighted by Gasteiger charge is 2.19. The van der Waals surface area contributed by atoms with E-state index in [1.165, 1.54) is 0 Å². The van der Waals surface area contributed by atoms with Crippen LogP contribution in [-0.4, -0.2) is 5.78 Å². The fourth-order valence-corrected chi connectivity index (χ4v) is 0.756. The second-order valence-corrected chi connectivity index (χ2v) is 3.78. The van der Waals surface area contributed by atoms with Gasteiger partial charge in [-0.3, -0.25) is 4.79 Å². The third kappa shape index (κ3) is 4.77. The minimum Gasteiger partial charge on any atom is -0.299 e. The molecule has 0 unspecified atom stereocenters. The summed E-state index contributed by atoms with van der Waals surface area (Å²) in [6, 6.07) is 0. The standard InChI is InChI=1S/C10H18O/c1-5-6-7-8-9(11)10(2,3)4/h5-6H,7-8H2,1-4H3/b6-5+. The van der Waals surface area contributed by atoms with Gasteiger partial charge in [0.15, 0.2) is 0 Å². The quantitative estimate of drug-likeness (QED) is 0.571. The number of Topliss-reactive ketones (excluding diaryl/α,β-unsaturated/α-hetero) is 1. The predicted octanol–water partition coefficient (Wildman–Crippen LogP) is 2.96. The van der Waals surface area contributed by atoms with Gasteiger partial charge >= 0.3 is 0 Å². The van der Waals surface area contributed by atoms with E-state index in [2.05, 4.69) is 0 Å². The van der Waals surface area contributed by atoms with E-state index < -0.39 is 0 Å². The van der Waals surface area contributed by atoms with Crippen LogP contribution < -0.4 is 0 Å². The van der Waals surface area contributed by atoms with Crippen molar-refractivity contribution >= 4 is 5.78 Å². The number of carbonyl (C=O) groups is 1. The monoisotopic (exact) mass is 154 g/mol. The smallest absolute Gasteiger partial charge is 0.138 e. The van der Waals surface area contributed by atoms with Gasteiger partial charge in [0.2, 0.25) is 0 Å². The Labute approximate surface area is 69.5 Å². The lowest BCUT2D eigenvalue weighted by atomic mass is 9.88. The molecule has 0 atom stereocenters. The SMILES string of the molecule is C/C=C/CCC(=O)C(C)(C)C. The summed E-state index contributed by atoms with van der Waals surface area (Å²) in [6.45, 7) is 7.86. The Morgan fingerprint density at radius 1 is 1.36 bits per heavy atom. The number of hydrogen-bond acceptors (Lipinski definition) is 1.